The van der Waals surface area contributed by atoms with Gasteiger partial charge >= 0.3 is 0 Å². The Labute approximate surface area is 784 Å². The van der Waals surface area contributed by atoms with Crippen molar-refractivity contribution < 1.29 is 73.5 Å². The normalized spacial score (nSPS) is 12.9. The van der Waals surface area contributed by atoms with Crippen molar-refractivity contribution in [2.24, 2.45) is 29.6 Å². The summed E-state index contributed by atoms with van der Waals surface area (Å²) < 4.78 is 0. The molecule has 0 aromatic carbocycles. The molecular formula is C101H197N13O15. The van der Waals surface area contributed by atoms with Crippen molar-refractivity contribution in [1.82, 2.24) is 67.9 Å². The number of carbonyl (C=O) groups excluding carboxylic acids is 10. The second-order valence-corrected chi connectivity index (χ2v) is 37.0. The van der Waals surface area contributed by atoms with E-state index in [4.69, 9.17) is 0 Å². The maximum atomic E-state index is 14.0. The zero-order valence-corrected chi connectivity index (χ0v) is 83.6. The van der Waals surface area contributed by atoms with Crippen LogP contribution in [-0.4, -0.2) is 254 Å². The zero-order valence-electron chi connectivity index (χ0n) is 83.6. The molecule has 0 saturated heterocycles. The lowest BCUT2D eigenvalue weighted by Crippen LogP contribution is -2.50. The molecule has 28 heteroatoms. The summed E-state index contributed by atoms with van der Waals surface area (Å²) in [5.74, 6) is -4.80. The van der Waals surface area contributed by atoms with Crippen LogP contribution >= 0.6 is 0 Å². The van der Waals surface area contributed by atoms with Crippen LogP contribution in [0.25, 0.3) is 0 Å². The van der Waals surface area contributed by atoms with Gasteiger partial charge in [0.1, 0.15) is 30.5 Å². The van der Waals surface area contributed by atoms with Gasteiger partial charge in [0.25, 0.3) is 0 Å². The zero-order chi connectivity index (χ0) is 95.6. The first-order valence-electron chi connectivity index (χ1n) is 52.8. The van der Waals surface area contributed by atoms with E-state index in [2.05, 4.69) is 122 Å². The summed E-state index contributed by atoms with van der Waals surface area (Å²) in [5, 5.41) is 87.4. The molecule has 0 aliphatic carbocycles. The first kappa shape index (κ1) is 123. The molecule has 129 heavy (non-hydrogen) atoms. The summed E-state index contributed by atoms with van der Waals surface area (Å²) >= 11 is 0. The average molecular weight is 1830 g/mol. The van der Waals surface area contributed by atoms with Gasteiger partial charge < -0.3 is 83.6 Å². The third kappa shape index (κ3) is 68.1. The minimum absolute atomic E-state index is 0.0220. The maximum Gasteiger partial charge on any atom is 0.250 e. The number of hydrogen-bond acceptors (Lipinski definition) is 18. The van der Waals surface area contributed by atoms with Crippen molar-refractivity contribution in [2.45, 2.75) is 434 Å². The molecule has 0 aliphatic heterocycles. The van der Waals surface area contributed by atoms with Crippen LogP contribution in [0.3, 0.4) is 0 Å². The highest BCUT2D eigenvalue weighted by Gasteiger charge is 2.30. The van der Waals surface area contributed by atoms with Gasteiger partial charge in [-0.05, 0) is 103 Å². The number of aliphatic hydroxyl groups is 5. The molecule has 0 rings (SSSR count). The molecule has 5 unspecified atom stereocenters. The van der Waals surface area contributed by atoms with Crippen molar-refractivity contribution >= 4 is 59.1 Å². The van der Waals surface area contributed by atoms with Crippen molar-refractivity contribution in [3.05, 3.63) is 0 Å². The number of amides is 10. The first-order valence-corrected chi connectivity index (χ1v) is 52.8. The van der Waals surface area contributed by atoms with E-state index in [1.807, 2.05) is 0 Å². The molecule has 0 aliphatic rings. The number of nitrogens with one attached hydrogen (secondary N) is 10. The molecule has 28 nitrogen and oxygen atoms in total. The lowest BCUT2D eigenvalue weighted by atomic mass is 9.93. The van der Waals surface area contributed by atoms with Crippen LogP contribution < -0.4 is 53.2 Å². The summed E-state index contributed by atoms with van der Waals surface area (Å²) in [5.41, 5.74) is 0. The van der Waals surface area contributed by atoms with Gasteiger partial charge in [-0.3, -0.25) is 57.7 Å². The summed E-state index contributed by atoms with van der Waals surface area (Å²) in [7, 11) is 0. The molecule has 0 fully saturated rings. The molecule has 0 aromatic rings. The Hall–Kier alpha value is -5.62. The fourth-order valence-electron chi connectivity index (χ4n) is 16.9. The molecular weight excluding hydrogens is 1640 g/mol. The Balaban J connectivity index is 7.52. The molecule has 0 radical (unpaired) electrons. The van der Waals surface area contributed by atoms with Gasteiger partial charge in [0.2, 0.25) is 59.1 Å². The number of hydrogen-bond donors (Lipinski definition) is 15. The van der Waals surface area contributed by atoms with Crippen LogP contribution in [0.15, 0.2) is 0 Å². The van der Waals surface area contributed by atoms with Gasteiger partial charge in [-0.1, -0.05) is 326 Å². The van der Waals surface area contributed by atoms with E-state index in [1.165, 1.54) is 0 Å². The third-order valence-electron chi connectivity index (χ3n) is 25.1. The van der Waals surface area contributed by atoms with Gasteiger partial charge in [0, 0.05) is 128 Å². The summed E-state index contributed by atoms with van der Waals surface area (Å²) in [6.07, 6.45) is 41.6. The van der Waals surface area contributed by atoms with Crippen LogP contribution in [0.4, 0.5) is 0 Å². The number of rotatable bonds is 93. The van der Waals surface area contributed by atoms with Gasteiger partial charge in [0.05, 0.1) is 0 Å². The Kier molecular flexibility index (Phi) is 82.7. The quantitative estimate of drug-likeness (QED) is 0.0252. The topological polar surface area (TPSA) is 402 Å². The molecule has 756 valence electrons. The van der Waals surface area contributed by atoms with E-state index >= 15 is 0 Å². The molecule has 15 N–H and O–H groups in total. The fourth-order valence-corrected chi connectivity index (χ4v) is 16.9. The van der Waals surface area contributed by atoms with E-state index in [-0.39, 0.29) is 196 Å². The van der Waals surface area contributed by atoms with E-state index in [1.54, 1.807) is 14.7 Å². The van der Waals surface area contributed by atoms with Crippen molar-refractivity contribution in [2.75, 3.05) is 124 Å². The van der Waals surface area contributed by atoms with Crippen molar-refractivity contribution in [3.63, 3.8) is 0 Å². The summed E-state index contributed by atoms with van der Waals surface area (Å²) in [6, 6.07) is 0. The average Bonchev–Trinajstić information content (AvgIpc) is 0.894. The second-order valence-electron chi connectivity index (χ2n) is 37.0. The SMILES string of the molecule is CCCCCCC(CCCCCC)C(=O)NCCNC(=O)C(O)CN(CCCN(CC(O)C(=O)NCCNC(=O)C(CCCCCC)CCCCCC)CC(O)C(=O)NCCNC(=O)C(CCCCCC)CCCCCC)CCCN(CC(O)C(=O)NCCNC(=O)C(CCCCCC)CCCCCC)CC(O)C(=O)NCCNC(=O)C(CCCCCC)CCCCCC. The maximum absolute atomic E-state index is 14.0. The fraction of sp³-hybridized carbons (Fsp3) is 0.901. The largest absolute Gasteiger partial charge is 0.382 e. The predicted octanol–water partition coefficient (Wildman–Crippen LogP) is 13.4. The molecule has 0 aromatic heterocycles. The van der Waals surface area contributed by atoms with Crippen molar-refractivity contribution in [1.29, 1.82) is 0 Å². The smallest absolute Gasteiger partial charge is 0.250 e. The Morgan fingerprint density at radius 1 is 0.171 bits per heavy atom. The van der Waals surface area contributed by atoms with Crippen LogP contribution in [0.1, 0.15) is 403 Å². The Morgan fingerprint density at radius 3 is 0.434 bits per heavy atom. The molecule has 0 spiro atoms. The monoisotopic (exact) mass is 1830 g/mol. The minimum Gasteiger partial charge on any atom is -0.382 e. The number of carbonyl (C=O) groups is 10. The third-order valence-corrected chi connectivity index (χ3v) is 25.1. The highest BCUT2D eigenvalue weighted by atomic mass is 16.3. The Bertz CT molecular complexity index is 2440. The van der Waals surface area contributed by atoms with Gasteiger partial charge in [-0.2, -0.15) is 0 Å². The number of nitrogens with zero attached hydrogens (tertiary/aromatic N) is 3. The number of unbranched alkanes of at least 4 members (excludes halogenated alkanes) is 30. The molecule has 0 saturated carbocycles. The molecule has 0 heterocycles. The van der Waals surface area contributed by atoms with Gasteiger partial charge in [-0.25, -0.2) is 0 Å². The highest BCUT2D eigenvalue weighted by molar-refractivity contribution is 5.84. The second kappa shape index (κ2) is 86.5. The lowest BCUT2D eigenvalue weighted by molar-refractivity contribution is -0.133. The van der Waals surface area contributed by atoms with E-state index in [0.717, 1.165) is 321 Å². The molecule has 10 amide bonds. The first-order chi connectivity index (χ1) is 62.4. The van der Waals surface area contributed by atoms with Crippen molar-refractivity contribution in [3.8, 4) is 0 Å². The lowest BCUT2D eigenvalue weighted by Gasteiger charge is -2.30. The predicted molar refractivity (Wildman–Crippen MR) is 524 cm³/mol. The van der Waals surface area contributed by atoms with Crippen LogP contribution in [0.5, 0.6) is 0 Å². The molecule has 5 atom stereocenters. The standard InChI is InChI=1S/C101H197N13O15/c1-11-21-31-41-53-82(54-42-32-22-12-2)92(120)102-63-68-107-97(125)87(115)77-112(73-51-75-113(78-88(116)98(126)108-69-64-103-93(121)83(55-43-33-23-13-3)56-44-34-24-14-4)79-89(117)99(127)109-70-65-104-94(122)84(57-45-35-25-15-5)58-46-36-26-16-6)74-52-76-114(80-90(118)100(128)110-71-66-105-95(123)85(59-47-37-27-17-7)60-48-38-28-18-8)81-91(119)101(129)111-72-67-106-96(124)86(61-49-39-29-19-9)62-50-40-30-20-10/h82-91,115-119H,11-81H2,1-10H3,(H,102,120)(H,103,121)(H,104,122)(H,105,123)(H,106,124)(H,107,125)(H,108,126)(H,109,127)(H,110,128)(H,111,129). The van der Waals surface area contributed by atoms with Crippen LogP contribution in [0, 0.1) is 29.6 Å². The van der Waals surface area contributed by atoms with Gasteiger partial charge in [0.15, 0.2) is 0 Å². The summed E-state index contributed by atoms with van der Waals surface area (Å²) in [6.45, 7) is 21.0. The minimum atomic E-state index is -1.68. The van der Waals surface area contributed by atoms with E-state index in [9.17, 15) is 73.5 Å². The van der Waals surface area contributed by atoms with Gasteiger partial charge in [-0.15, -0.1) is 0 Å². The van der Waals surface area contributed by atoms with E-state index in [0.29, 0.717) is 0 Å². The number of aliphatic hydroxyl groups excluding tert-OH is 5. The summed E-state index contributed by atoms with van der Waals surface area (Å²) in [4.78, 5) is 142. The molecule has 0 bridgehead atoms. The van der Waals surface area contributed by atoms with Crippen LogP contribution in [0.2, 0.25) is 0 Å². The Morgan fingerprint density at radius 2 is 0.295 bits per heavy atom. The van der Waals surface area contributed by atoms with E-state index < -0.39 is 60.1 Å². The highest BCUT2D eigenvalue weighted by Crippen LogP contribution is 2.25. The van der Waals surface area contributed by atoms with Crippen LogP contribution in [-0.2, 0) is 47.9 Å².